The molecule has 28 heavy (non-hydrogen) atoms. The molecule has 0 amide bonds. The highest BCUT2D eigenvalue weighted by molar-refractivity contribution is 7.89. The molecular weight excluding hydrogens is 380 g/mol. The maximum atomic E-state index is 12.5. The Balaban J connectivity index is 2.02. The summed E-state index contributed by atoms with van der Waals surface area (Å²) in [6, 6.07) is 11.9. The highest BCUT2D eigenvalue weighted by Crippen LogP contribution is 2.16. The number of hydrogen-bond donors (Lipinski definition) is 3. The van der Waals surface area contributed by atoms with Crippen LogP contribution in [0.1, 0.15) is 24.0 Å². The highest BCUT2D eigenvalue weighted by atomic mass is 32.2. The Morgan fingerprint density at radius 2 is 1.75 bits per heavy atom. The van der Waals surface area contributed by atoms with Crippen LogP contribution in [0.15, 0.2) is 53.4 Å². The van der Waals surface area contributed by atoms with Crippen molar-refractivity contribution in [2.24, 2.45) is 5.73 Å². The van der Waals surface area contributed by atoms with E-state index in [0.29, 0.717) is 24.5 Å². The van der Waals surface area contributed by atoms with Gasteiger partial charge >= 0.3 is 5.97 Å². The molecule has 0 aromatic heterocycles. The number of nitrogens with two attached hydrogens (primary N) is 1. The Kier molecular flexibility index (Phi) is 7.98. The summed E-state index contributed by atoms with van der Waals surface area (Å²) in [6.45, 7) is 3.03. The SMILES string of the molecule is Cc1ccc(S(=O)(=O)N[C@@H](Cc2ccc(OCCCCN)cc2)C(=O)O)cc1. The first-order valence-electron chi connectivity index (χ1n) is 9.05. The van der Waals surface area contributed by atoms with E-state index in [9.17, 15) is 18.3 Å². The van der Waals surface area contributed by atoms with Crippen LogP contribution >= 0.6 is 0 Å². The number of nitrogens with one attached hydrogen (secondary N) is 1. The minimum atomic E-state index is -3.93. The largest absolute Gasteiger partial charge is 0.494 e. The average molecular weight is 407 g/mol. The molecule has 0 saturated carbocycles. The standard InChI is InChI=1S/C20H26N2O5S/c1-15-4-10-18(11-5-15)28(25,26)22-19(20(23)24)14-16-6-8-17(9-7-16)27-13-3-2-12-21/h4-11,19,22H,2-3,12-14,21H2,1H3,(H,23,24)/t19-/m0/s1. The number of hydrogen-bond acceptors (Lipinski definition) is 5. The van der Waals surface area contributed by atoms with Crippen LogP contribution in [-0.2, 0) is 21.2 Å². The maximum Gasteiger partial charge on any atom is 0.322 e. The van der Waals surface area contributed by atoms with Crippen LogP contribution in [0.2, 0.25) is 0 Å². The molecule has 0 radical (unpaired) electrons. The summed E-state index contributed by atoms with van der Waals surface area (Å²) in [5, 5.41) is 9.45. The molecule has 0 aliphatic carbocycles. The monoisotopic (exact) mass is 406 g/mol. The van der Waals surface area contributed by atoms with Crippen molar-refractivity contribution in [3.63, 3.8) is 0 Å². The van der Waals surface area contributed by atoms with Gasteiger partial charge in [0.15, 0.2) is 0 Å². The third kappa shape index (κ3) is 6.63. The first-order valence-corrected chi connectivity index (χ1v) is 10.5. The first-order chi connectivity index (χ1) is 13.3. The molecule has 0 aliphatic rings. The Labute approximate surface area is 165 Å². The maximum absolute atomic E-state index is 12.5. The quantitative estimate of drug-likeness (QED) is 0.492. The van der Waals surface area contributed by atoms with Gasteiger partial charge in [0.25, 0.3) is 0 Å². The number of carboxylic acid groups (broad SMARTS) is 1. The lowest BCUT2D eigenvalue weighted by atomic mass is 10.1. The fraction of sp³-hybridized carbons (Fsp3) is 0.350. The molecule has 152 valence electrons. The molecule has 2 rings (SSSR count). The molecule has 0 fully saturated rings. The van der Waals surface area contributed by atoms with Crippen molar-refractivity contribution < 1.29 is 23.1 Å². The van der Waals surface area contributed by atoms with Crippen molar-refractivity contribution >= 4 is 16.0 Å². The number of rotatable bonds is 11. The van der Waals surface area contributed by atoms with Gasteiger partial charge in [0.1, 0.15) is 11.8 Å². The molecule has 0 unspecified atom stereocenters. The summed E-state index contributed by atoms with van der Waals surface area (Å²) >= 11 is 0. The smallest absolute Gasteiger partial charge is 0.322 e. The molecule has 0 bridgehead atoms. The highest BCUT2D eigenvalue weighted by Gasteiger charge is 2.25. The minimum absolute atomic E-state index is 0.0217. The van der Waals surface area contributed by atoms with Gasteiger partial charge in [-0.2, -0.15) is 4.72 Å². The molecule has 2 aromatic rings. The lowest BCUT2D eigenvalue weighted by Gasteiger charge is -2.15. The summed E-state index contributed by atoms with van der Waals surface area (Å²) in [7, 11) is -3.93. The number of benzene rings is 2. The number of unbranched alkanes of at least 4 members (excludes halogenated alkanes) is 1. The number of aliphatic carboxylic acids is 1. The Hall–Kier alpha value is -2.42. The lowest BCUT2D eigenvalue weighted by Crippen LogP contribution is -2.42. The van der Waals surface area contributed by atoms with E-state index in [4.69, 9.17) is 10.5 Å². The van der Waals surface area contributed by atoms with Crippen LogP contribution in [0.5, 0.6) is 5.75 Å². The van der Waals surface area contributed by atoms with Gasteiger partial charge in [-0.1, -0.05) is 29.8 Å². The van der Waals surface area contributed by atoms with Crippen LogP contribution in [-0.4, -0.2) is 38.7 Å². The van der Waals surface area contributed by atoms with E-state index in [1.165, 1.54) is 12.1 Å². The summed E-state index contributed by atoms with van der Waals surface area (Å²) in [6.07, 6.45) is 1.77. The van der Waals surface area contributed by atoms with E-state index in [-0.39, 0.29) is 11.3 Å². The fourth-order valence-electron chi connectivity index (χ4n) is 2.55. The van der Waals surface area contributed by atoms with Crippen molar-refractivity contribution in [3.05, 3.63) is 59.7 Å². The van der Waals surface area contributed by atoms with Gasteiger partial charge in [0.05, 0.1) is 11.5 Å². The van der Waals surface area contributed by atoms with E-state index in [0.717, 1.165) is 18.4 Å². The third-order valence-corrected chi connectivity index (χ3v) is 5.64. The van der Waals surface area contributed by atoms with Gasteiger partial charge < -0.3 is 15.6 Å². The van der Waals surface area contributed by atoms with Gasteiger partial charge in [-0.3, -0.25) is 4.79 Å². The van der Waals surface area contributed by atoms with Crippen molar-refractivity contribution in [1.29, 1.82) is 0 Å². The van der Waals surface area contributed by atoms with Crippen molar-refractivity contribution in [2.45, 2.75) is 37.1 Å². The zero-order valence-electron chi connectivity index (χ0n) is 15.8. The van der Waals surface area contributed by atoms with E-state index in [2.05, 4.69) is 4.72 Å². The van der Waals surface area contributed by atoms with Crippen LogP contribution < -0.4 is 15.2 Å². The van der Waals surface area contributed by atoms with Gasteiger partial charge in [0, 0.05) is 0 Å². The Morgan fingerprint density at radius 3 is 2.32 bits per heavy atom. The number of carbonyl (C=O) groups is 1. The van der Waals surface area contributed by atoms with Crippen LogP contribution in [0, 0.1) is 6.92 Å². The molecule has 4 N–H and O–H groups in total. The second-order valence-electron chi connectivity index (χ2n) is 6.52. The predicted molar refractivity (Wildman–Crippen MR) is 107 cm³/mol. The van der Waals surface area contributed by atoms with Crippen molar-refractivity contribution in [3.8, 4) is 5.75 Å². The summed E-state index contributed by atoms with van der Waals surface area (Å²) in [5.74, 6) is -0.564. The normalized spacial score (nSPS) is 12.5. The van der Waals surface area contributed by atoms with E-state index < -0.39 is 22.0 Å². The minimum Gasteiger partial charge on any atom is -0.494 e. The Bertz CT molecular complexity index is 864. The molecule has 1 atom stereocenters. The average Bonchev–Trinajstić information content (AvgIpc) is 2.66. The predicted octanol–water partition coefficient (Wildman–Crippen LogP) is 2.09. The lowest BCUT2D eigenvalue weighted by molar-refractivity contribution is -0.138. The third-order valence-electron chi connectivity index (χ3n) is 4.16. The zero-order chi connectivity index (χ0) is 20.6. The van der Waals surface area contributed by atoms with Crippen molar-refractivity contribution in [1.82, 2.24) is 4.72 Å². The van der Waals surface area contributed by atoms with E-state index >= 15 is 0 Å². The summed E-state index contributed by atoms with van der Waals surface area (Å²) in [4.78, 5) is 11.6. The van der Waals surface area contributed by atoms with Crippen molar-refractivity contribution in [2.75, 3.05) is 13.2 Å². The topological polar surface area (TPSA) is 119 Å². The second-order valence-corrected chi connectivity index (χ2v) is 8.23. The van der Waals surface area contributed by atoms with E-state index in [1.807, 2.05) is 6.92 Å². The second kappa shape index (κ2) is 10.2. The molecule has 7 nitrogen and oxygen atoms in total. The van der Waals surface area contributed by atoms with Gasteiger partial charge in [-0.15, -0.1) is 0 Å². The number of sulfonamides is 1. The summed E-state index contributed by atoms with van der Waals surface area (Å²) in [5.41, 5.74) is 7.04. The number of carboxylic acids is 1. The van der Waals surface area contributed by atoms with Gasteiger partial charge in [-0.05, 0) is 62.6 Å². The fourth-order valence-corrected chi connectivity index (χ4v) is 3.74. The molecule has 0 heterocycles. The molecule has 2 aromatic carbocycles. The Morgan fingerprint density at radius 1 is 1.11 bits per heavy atom. The van der Waals surface area contributed by atoms with Crippen LogP contribution in [0.3, 0.4) is 0 Å². The van der Waals surface area contributed by atoms with Gasteiger partial charge in [0.2, 0.25) is 10.0 Å². The van der Waals surface area contributed by atoms with E-state index in [1.54, 1.807) is 36.4 Å². The molecule has 0 aliphatic heterocycles. The number of aryl methyl sites for hydroxylation is 1. The van der Waals surface area contributed by atoms with Crippen LogP contribution in [0.25, 0.3) is 0 Å². The van der Waals surface area contributed by atoms with Gasteiger partial charge in [-0.25, -0.2) is 8.42 Å². The molecule has 0 saturated heterocycles. The molecular formula is C20H26N2O5S. The van der Waals surface area contributed by atoms with Crippen LogP contribution in [0.4, 0.5) is 0 Å². The molecule has 8 heteroatoms. The molecule has 0 spiro atoms. The first kappa shape index (κ1) is 21.9. The zero-order valence-corrected chi connectivity index (χ0v) is 16.6. The summed E-state index contributed by atoms with van der Waals surface area (Å²) < 4.78 is 32.8. The number of ether oxygens (including phenoxy) is 1.